The number of hydrogen-bond donors (Lipinski definition) is 1. The second-order valence-electron chi connectivity index (χ2n) is 6.14. The number of anilines is 1. The minimum Gasteiger partial charge on any atom is -0.385 e. The van der Waals surface area contributed by atoms with Crippen molar-refractivity contribution in [2.24, 2.45) is 0 Å². The maximum Gasteiger partial charge on any atom is 0.0992 e. The van der Waals surface area contributed by atoms with Crippen LogP contribution in [0.4, 0.5) is 5.69 Å². The second kappa shape index (κ2) is 13.9. The summed E-state index contributed by atoms with van der Waals surface area (Å²) < 4.78 is 0. The molecule has 1 aromatic rings. The number of rotatable bonds is 13. The van der Waals surface area contributed by atoms with E-state index < -0.39 is 0 Å². The summed E-state index contributed by atoms with van der Waals surface area (Å²) in [6.45, 7) is 3.22. The topological polar surface area (TPSA) is 35.8 Å². The number of unbranched alkanes of at least 4 members (excludes halogenated alkanes) is 8. The van der Waals surface area contributed by atoms with E-state index in [0.29, 0.717) is 5.56 Å². The van der Waals surface area contributed by atoms with Gasteiger partial charge in [-0.25, -0.2) is 0 Å². The van der Waals surface area contributed by atoms with E-state index in [-0.39, 0.29) is 0 Å². The van der Waals surface area contributed by atoms with E-state index in [4.69, 9.17) is 5.26 Å². The first-order chi connectivity index (χ1) is 11.4. The molecule has 2 nitrogen and oxygen atoms in total. The summed E-state index contributed by atoms with van der Waals surface area (Å²) in [5.74, 6) is 0. The van der Waals surface area contributed by atoms with Gasteiger partial charge in [-0.05, 0) is 43.9 Å². The highest BCUT2D eigenvalue weighted by Gasteiger charge is 1.93. The van der Waals surface area contributed by atoms with Crippen molar-refractivity contribution in [1.82, 2.24) is 0 Å². The van der Waals surface area contributed by atoms with Gasteiger partial charge in [0.15, 0.2) is 0 Å². The van der Waals surface area contributed by atoms with E-state index in [1.165, 1.54) is 51.4 Å². The van der Waals surface area contributed by atoms with Crippen molar-refractivity contribution in [2.45, 2.75) is 71.1 Å². The van der Waals surface area contributed by atoms with E-state index >= 15 is 0 Å². The predicted octanol–water partition coefficient (Wildman–Crippen LogP) is 6.45. The zero-order chi connectivity index (χ0) is 16.6. The molecule has 126 valence electrons. The van der Waals surface area contributed by atoms with Crippen LogP contribution in [0.25, 0.3) is 0 Å². The fraction of sp³-hybridized carbons (Fsp3) is 0.571. The van der Waals surface area contributed by atoms with Gasteiger partial charge in [0.1, 0.15) is 0 Å². The lowest BCUT2D eigenvalue weighted by Crippen LogP contribution is -2.00. The first-order valence-electron chi connectivity index (χ1n) is 9.26. The third-order valence-electron chi connectivity index (χ3n) is 4.01. The van der Waals surface area contributed by atoms with Gasteiger partial charge >= 0.3 is 0 Å². The van der Waals surface area contributed by atoms with Crippen molar-refractivity contribution in [1.29, 1.82) is 5.26 Å². The summed E-state index contributed by atoms with van der Waals surface area (Å²) in [6.07, 6.45) is 17.8. The predicted molar refractivity (Wildman–Crippen MR) is 101 cm³/mol. The largest absolute Gasteiger partial charge is 0.385 e. The van der Waals surface area contributed by atoms with E-state index in [1.807, 2.05) is 24.3 Å². The zero-order valence-electron chi connectivity index (χ0n) is 14.7. The molecule has 0 aliphatic heterocycles. The molecule has 1 aromatic carbocycles. The molecule has 0 bridgehead atoms. The molecule has 0 radical (unpaired) electrons. The van der Waals surface area contributed by atoms with Crippen molar-refractivity contribution in [3.63, 3.8) is 0 Å². The molecule has 0 aromatic heterocycles. The molecule has 0 unspecified atom stereocenters. The van der Waals surface area contributed by atoms with Crippen LogP contribution in [0.5, 0.6) is 0 Å². The summed E-state index contributed by atoms with van der Waals surface area (Å²) in [4.78, 5) is 0. The molecule has 0 atom stereocenters. The monoisotopic (exact) mass is 312 g/mol. The summed E-state index contributed by atoms with van der Waals surface area (Å²) in [6, 6.07) is 9.83. The average molecular weight is 313 g/mol. The molecule has 0 saturated carbocycles. The Morgan fingerprint density at radius 3 is 2.39 bits per heavy atom. The Bertz CT molecular complexity index is 471. The molecular weight excluding hydrogens is 280 g/mol. The second-order valence-corrected chi connectivity index (χ2v) is 6.14. The zero-order valence-corrected chi connectivity index (χ0v) is 14.7. The molecule has 0 heterocycles. The van der Waals surface area contributed by atoms with Crippen molar-refractivity contribution < 1.29 is 0 Å². The normalized spacial score (nSPS) is 10.8. The molecule has 0 saturated heterocycles. The highest BCUT2D eigenvalue weighted by molar-refractivity contribution is 5.48. The van der Waals surface area contributed by atoms with E-state index in [2.05, 4.69) is 30.5 Å². The van der Waals surface area contributed by atoms with Crippen LogP contribution in [0.3, 0.4) is 0 Å². The fourth-order valence-electron chi connectivity index (χ4n) is 2.61. The van der Waals surface area contributed by atoms with Crippen molar-refractivity contribution >= 4 is 5.69 Å². The van der Waals surface area contributed by atoms with Crippen LogP contribution in [-0.2, 0) is 0 Å². The number of hydrogen-bond acceptors (Lipinski definition) is 2. The Hall–Kier alpha value is -1.75. The summed E-state index contributed by atoms with van der Waals surface area (Å²) in [5.41, 5.74) is 1.75. The molecule has 0 spiro atoms. The molecule has 1 rings (SSSR count). The Morgan fingerprint density at radius 1 is 0.957 bits per heavy atom. The van der Waals surface area contributed by atoms with Crippen LogP contribution in [0.15, 0.2) is 36.4 Å². The lowest BCUT2D eigenvalue weighted by atomic mass is 10.1. The number of nitrogens with zero attached hydrogens (tertiary/aromatic N) is 1. The van der Waals surface area contributed by atoms with Crippen LogP contribution < -0.4 is 5.32 Å². The maximum atomic E-state index is 8.86. The van der Waals surface area contributed by atoms with E-state index in [0.717, 1.165) is 25.1 Å². The first kappa shape index (κ1) is 19.3. The molecule has 0 amide bonds. The lowest BCUT2D eigenvalue weighted by Gasteiger charge is -2.05. The standard InChI is InChI=1S/C21H32N2/c1-2-3-4-5-6-7-8-9-10-11-12-13-17-23-21-16-14-15-20(18-21)19-22/h10-11,14-16,18,23H,2-9,12-13,17H2,1H3. The molecule has 23 heavy (non-hydrogen) atoms. The Kier molecular flexibility index (Phi) is 11.6. The fourth-order valence-corrected chi connectivity index (χ4v) is 2.61. The Labute approximate surface area is 142 Å². The quantitative estimate of drug-likeness (QED) is 0.336. The van der Waals surface area contributed by atoms with Crippen LogP contribution in [0.1, 0.15) is 76.7 Å². The average Bonchev–Trinajstić information content (AvgIpc) is 2.59. The Morgan fingerprint density at radius 2 is 1.65 bits per heavy atom. The molecule has 0 fully saturated rings. The highest BCUT2D eigenvalue weighted by Crippen LogP contribution is 2.10. The minimum absolute atomic E-state index is 0.713. The smallest absolute Gasteiger partial charge is 0.0992 e. The summed E-state index contributed by atoms with van der Waals surface area (Å²) >= 11 is 0. The van der Waals surface area contributed by atoms with Gasteiger partial charge in [0.05, 0.1) is 11.6 Å². The van der Waals surface area contributed by atoms with Gasteiger partial charge in [-0.1, -0.05) is 63.7 Å². The van der Waals surface area contributed by atoms with Crippen LogP contribution in [0, 0.1) is 11.3 Å². The highest BCUT2D eigenvalue weighted by atomic mass is 14.9. The summed E-state index contributed by atoms with van der Waals surface area (Å²) in [7, 11) is 0. The van der Waals surface area contributed by atoms with Gasteiger partial charge in [-0.3, -0.25) is 0 Å². The lowest BCUT2D eigenvalue weighted by molar-refractivity contribution is 0.592. The minimum atomic E-state index is 0.713. The van der Waals surface area contributed by atoms with Crippen molar-refractivity contribution in [2.75, 3.05) is 11.9 Å². The molecule has 1 N–H and O–H groups in total. The third kappa shape index (κ3) is 10.6. The molecule has 2 heteroatoms. The molecular formula is C21H32N2. The maximum absolute atomic E-state index is 8.86. The van der Waals surface area contributed by atoms with Gasteiger partial charge in [0, 0.05) is 12.2 Å². The first-order valence-corrected chi connectivity index (χ1v) is 9.26. The van der Waals surface area contributed by atoms with Crippen LogP contribution in [-0.4, -0.2) is 6.54 Å². The van der Waals surface area contributed by atoms with E-state index in [9.17, 15) is 0 Å². The SMILES string of the molecule is CCCCCCCCCC=CCCCNc1cccc(C#N)c1. The summed E-state index contributed by atoms with van der Waals surface area (Å²) in [5, 5.41) is 12.2. The number of allylic oxidation sites excluding steroid dienone is 2. The molecule has 0 aliphatic rings. The van der Waals surface area contributed by atoms with Crippen LogP contribution in [0.2, 0.25) is 0 Å². The number of nitrogens with one attached hydrogen (secondary N) is 1. The van der Waals surface area contributed by atoms with Gasteiger partial charge < -0.3 is 5.32 Å². The number of benzene rings is 1. The van der Waals surface area contributed by atoms with Gasteiger partial charge in [-0.15, -0.1) is 0 Å². The third-order valence-corrected chi connectivity index (χ3v) is 4.01. The Balaban J connectivity index is 1.93. The number of nitriles is 1. The van der Waals surface area contributed by atoms with Gasteiger partial charge in [0.25, 0.3) is 0 Å². The molecule has 0 aliphatic carbocycles. The van der Waals surface area contributed by atoms with Crippen molar-refractivity contribution in [3.05, 3.63) is 42.0 Å². The van der Waals surface area contributed by atoms with Crippen molar-refractivity contribution in [3.8, 4) is 6.07 Å². The van der Waals surface area contributed by atoms with E-state index in [1.54, 1.807) is 0 Å². The van der Waals surface area contributed by atoms with Gasteiger partial charge in [0.2, 0.25) is 0 Å². The van der Waals surface area contributed by atoms with Gasteiger partial charge in [-0.2, -0.15) is 5.26 Å². The van der Waals surface area contributed by atoms with Crippen LogP contribution >= 0.6 is 0 Å².